The molecule has 0 radical (unpaired) electrons. The molecule has 0 unspecified atom stereocenters. The van der Waals surface area contributed by atoms with Crippen LogP contribution >= 0.6 is 0 Å². The summed E-state index contributed by atoms with van der Waals surface area (Å²) in [5.41, 5.74) is 1.27. The predicted octanol–water partition coefficient (Wildman–Crippen LogP) is 2.83. The van der Waals surface area contributed by atoms with Gasteiger partial charge in [0.25, 0.3) is 0 Å². The minimum Gasteiger partial charge on any atom is -0.354 e. The maximum Gasteiger partial charge on any atom is 0.223 e. The molecule has 2 aromatic rings. The van der Waals surface area contributed by atoms with Gasteiger partial charge in [0.05, 0.1) is 0 Å². The van der Waals surface area contributed by atoms with E-state index >= 15 is 0 Å². The van der Waals surface area contributed by atoms with E-state index in [0.29, 0.717) is 19.0 Å². The Morgan fingerprint density at radius 3 is 2.54 bits per heavy atom. The van der Waals surface area contributed by atoms with Gasteiger partial charge in [0.15, 0.2) is 0 Å². The topological polar surface area (TPSA) is 58.2 Å². The Kier molecular flexibility index (Phi) is 4.84. The van der Waals surface area contributed by atoms with Crippen molar-refractivity contribution in [3.8, 4) is 0 Å². The number of hydrogen-bond donors (Lipinski definition) is 2. The zero-order valence-electron chi connectivity index (χ0n) is 14.2. The van der Waals surface area contributed by atoms with E-state index in [4.69, 9.17) is 0 Å². The number of nitrogens with one attached hydrogen (secondary N) is 2. The zero-order valence-corrected chi connectivity index (χ0v) is 14.2. The van der Waals surface area contributed by atoms with E-state index in [2.05, 4.69) is 41.0 Å². The molecule has 2 aromatic carbocycles. The lowest BCUT2D eigenvalue weighted by Crippen LogP contribution is -2.37. The van der Waals surface area contributed by atoms with Crippen molar-refractivity contribution in [2.24, 2.45) is 11.8 Å². The maximum absolute atomic E-state index is 12.3. The second-order valence-electron chi connectivity index (χ2n) is 6.75. The van der Waals surface area contributed by atoms with Crippen molar-refractivity contribution in [2.75, 3.05) is 13.1 Å². The minimum atomic E-state index is -0.0279. The number of benzene rings is 2. The number of hydrogen-bond acceptors (Lipinski definition) is 2. The highest BCUT2D eigenvalue weighted by Crippen LogP contribution is 2.49. The van der Waals surface area contributed by atoms with Crippen LogP contribution in [0.1, 0.15) is 31.7 Å². The fourth-order valence-electron chi connectivity index (χ4n) is 3.11. The van der Waals surface area contributed by atoms with Gasteiger partial charge in [-0.25, -0.2) is 0 Å². The van der Waals surface area contributed by atoms with E-state index in [9.17, 15) is 9.59 Å². The fourth-order valence-corrected chi connectivity index (χ4v) is 3.11. The molecule has 2 N–H and O–H groups in total. The van der Waals surface area contributed by atoms with E-state index in [1.165, 1.54) is 16.3 Å². The van der Waals surface area contributed by atoms with E-state index < -0.39 is 0 Å². The van der Waals surface area contributed by atoms with Crippen LogP contribution in [0.2, 0.25) is 0 Å². The molecule has 0 bridgehead atoms. The molecular weight excluding hydrogens is 300 g/mol. The van der Waals surface area contributed by atoms with Crippen LogP contribution in [0.5, 0.6) is 0 Å². The average molecular weight is 324 g/mol. The Bertz CT molecular complexity index is 749. The molecule has 24 heavy (non-hydrogen) atoms. The monoisotopic (exact) mass is 324 g/mol. The van der Waals surface area contributed by atoms with Gasteiger partial charge in [0.2, 0.25) is 11.8 Å². The smallest absolute Gasteiger partial charge is 0.223 e. The molecule has 0 aliphatic heterocycles. The van der Waals surface area contributed by atoms with Crippen LogP contribution in [0, 0.1) is 11.8 Å². The SMILES string of the molecule is CC(C)C(=O)NCCNC(=O)[C@@H]1C[C@@H]1c1cccc2ccccc12. The lowest BCUT2D eigenvalue weighted by atomic mass is 10.00. The molecule has 4 heteroatoms. The first-order valence-corrected chi connectivity index (χ1v) is 8.61. The fraction of sp³-hybridized carbons (Fsp3) is 0.400. The highest BCUT2D eigenvalue weighted by atomic mass is 16.2. The molecule has 4 nitrogen and oxygen atoms in total. The normalized spacial score (nSPS) is 19.3. The molecule has 0 saturated heterocycles. The highest BCUT2D eigenvalue weighted by molar-refractivity contribution is 5.89. The number of fused-ring (bicyclic) bond motifs is 1. The number of carbonyl (C=O) groups excluding carboxylic acids is 2. The summed E-state index contributed by atoms with van der Waals surface area (Å²) in [6, 6.07) is 14.6. The largest absolute Gasteiger partial charge is 0.354 e. The van der Waals surface area contributed by atoms with E-state index in [0.717, 1.165) is 6.42 Å². The van der Waals surface area contributed by atoms with Crippen LogP contribution in [-0.4, -0.2) is 24.9 Å². The lowest BCUT2D eigenvalue weighted by Gasteiger charge is -2.09. The van der Waals surface area contributed by atoms with Crippen LogP contribution < -0.4 is 10.6 Å². The standard InChI is InChI=1S/C20H24N2O2/c1-13(2)19(23)21-10-11-22-20(24)18-12-17(18)16-9-5-7-14-6-3-4-8-15(14)16/h3-9,13,17-18H,10-12H2,1-2H3,(H,21,23)(H,22,24)/t17-,18-/m1/s1. The third-order valence-electron chi connectivity index (χ3n) is 4.60. The summed E-state index contributed by atoms with van der Waals surface area (Å²) in [6.45, 7) is 4.67. The first-order chi connectivity index (χ1) is 11.6. The molecule has 1 saturated carbocycles. The first-order valence-electron chi connectivity index (χ1n) is 8.61. The van der Waals surface area contributed by atoms with Crippen molar-refractivity contribution in [1.82, 2.24) is 10.6 Å². The van der Waals surface area contributed by atoms with Gasteiger partial charge >= 0.3 is 0 Å². The molecule has 2 amide bonds. The number of amides is 2. The Hall–Kier alpha value is -2.36. The maximum atomic E-state index is 12.3. The summed E-state index contributed by atoms with van der Waals surface area (Å²) in [6.07, 6.45) is 0.901. The Labute approximate surface area is 142 Å². The van der Waals surface area contributed by atoms with Gasteiger partial charge in [-0.3, -0.25) is 9.59 Å². The van der Waals surface area contributed by atoms with E-state index in [1.807, 2.05) is 26.0 Å². The summed E-state index contributed by atoms with van der Waals surface area (Å²) < 4.78 is 0. The van der Waals surface area contributed by atoms with E-state index in [1.54, 1.807) is 0 Å². The molecule has 1 fully saturated rings. The molecule has 0 aromatic heterocycles. The van der Waals surface area contributed by atoms with Gasteiger partial charge in [0.1, 0.15) is 0 Å². The molecule has 1 aliphatic rings. The highest BCUT2D eigenvalue weighted by Gasteiger charge is 2.44. The van der Waals surface area contributed by atoms with Gasteiger partial charge < -0.3 is 10.6 Å². The van der Waals surface area contributed by atoms with Crippen LogP contribution in [0.15, 0.2) is 42.5 Å². The van der Waals surface area contributed by atoms with Crippen LogP contribution in [-0.2, 0) is 9.59 Å². The van der Waals surface area contributed by atoms with Crippen LogP contribution in [0.25, 0.3) is 10.8 Å². The summed E-state index contributed by atoms with van der Waals surface area (Å²) in [5.74, 6) is 0.439. The third-order valence-corrected chi connectivity index (χ3v) is 4.60. The second kappa shape index (κ2) is 7.04. The van der Waals surface area contributed by atoms with Crippen LogP contribution in [0.4, 0.5) is 0 Å². The number of rotatable bonds is 6. The van der Waals surface area contributed by atoms with Crippen molar-refractivity contribution in [2.45, 2.75) is 26.2 Å². The molecule has 0 spiro atoms. The summed E-state index contributed by atoms with van der Waals surface area (Å²) >= 11 is 0. The molecular formula is C20H24N2O2. The Morgan fingerprint density at radius 2 is 1.75 bits per heavy atom. The van der Waals surface area contributed by atoms with Gasteiger partial charge in [-0.15, -0.1) is 0 Å². The van der Waals surface area contributed by atoms with Gasteiger partial charge in [-0.2, -0.15) is 0 Å². The second-order valence-corrected chi connectivity index (χ2v) is 6.75. The van der Waals surface area contributed by atoms with Crippen molar-refractivity contribution < 1.29 is 9.59 Å². The first kappa shape index (κ1) is 16.5. The number of carbonyl (C=O) groups is 2. The third kappa shape index (κ3) is 3.58. The van der Waals surface area contributed by atoms with Crippen LogP contribution in [0.3, 0.4) is 0 Å². The lowest BCUT2D eigenvalue weighted by molar-refractivity contribution is -0.125. The van der Waals surface area contributed by atoms with Gasteiger partial charge in [0, 0.05) is 24.9 Å². The average Bonchev–Trinajstić information content (AvgIpc) is 3.38. The Balaban J connectivity index is 1.53. The molecule has 3 rings (SSSR count). The van der Waals surface area contributed by atoms with Gasteiger partial charge in [-0.1, -0.05) is 56.3 Å². The summed E-state index contributed by atoms with van der Waals surface area (Å²) in [4.78, 5) is 23.8. The van der Waals surface area contributed by atoms with Crippen molar-refractivity contribution in [3.05, 3.63) is 48.0 Å². The summed E-state index contributed by atoms with van der Waals surface area (Å²) in [7, 11) is 0. The molecule has 126 valence electrons. The predicted molar refractivity (Wildman–Crippen MR) is 95.7 cm³/mol. The zero-order chi connectivity index (χ0) is 17.1. The van der Waals surface area contributed by atoms with Crippen molar-refractivity contribution in [1.29, 1.82) is 0 Å². The molecule has 0 heterocycles. The quantitative estimate of drug-likeness (QED) is 0.803. The summed E-state index contributed by atoms with van der Waals surface area (Å²) in [5, 5.41) is 8.20. The van der Waals surface area contributed by atoms with Gasteiger partial charge in [-0.05, 0) is 28.7 Å². The Morgan fingerprint density at radius 1 is 1.04 bits per heavy atom. The van der Waals surface area contributed by atoms with Crippen molar-refractivity contribution in [3.63, 3.8) is 0 Å². The van der Waals surface area contributed by atoms with E-state index in [-0.39, 0.29) is 23.7 Å². The molecule has 2 atom stereocenters. The van der Waals surface area contributed by atoms with Crippen molar-refractivity contribution >= 4 is 22.6 Å². The minimum absolute atomic E-state index is 0.0179. The molecule has 1 aliphatic carbocycles.